The first-order valence-corrected chi connectivity index (χ1v) is 19.2. The van der Waals surface area contributed by atoms with E-state index in [0.717, 1.165) is 0 Å². The van der Waals surface area contributed by atoms with E-state index < -0.39 is 18.4 Å². The topological polar surface area (TPSA) is 17.3 Å². The first-order valence-electron chi connectivity index (χ1n) is 9.64. The third-order valence-corrected chi connectivity index (χ3v) is 25.3. The van der Waals surface area contributed by atoms with Crippen molar-refractivity contribution in [1.82, 2.24) is 9.38 Å². The number of unbranched alkanes of at least 4 members (excludes halogenated alkanes) is 3. The molecule has 0 spiro atoms. The number of aryl methyl sites for hydroxylation is 1. The van der Waals surface area contributed by atoms with Crippen LogP contribution in [-0.4, -0.2) is 34.0 Å². The van der Waals surface area contributed by atoms with E-state index in [1.54, 1.807) is 25.1 Å². The summed E-state index contributed by atoms with van der Waals surface area (Å²) >= 11 is 1.62. The third-order valence-electron chi connectivity index (χ3n) is 5.21. The first-order chi connectivity index (χ1) is 11.6. The van der Waals surface area contributed by atoms with E-state index in [-0.39, 0.29) is 0 Å². The standard InChI is InChI=1S/C7H7N2S2.3C4H9.Sn/c1-5-8-6(10-2)7-9(5)3-4-11-7;3*1-3-4-2;/h3H,1-2H3;3*1,3-4H2,2H3;. The number of hydrogen-bond donors (Lipinski definition) is 0. The summed E-state index contributed by atoms with van der Waals surface area (Å²) in [7, 11) is 0. The van der Waals surface area contributed by atoms with Crippen LogP contribution in [0.25, 0.3) is 4.83 Å². The summed E-state index contributed by atoms with van der Waals surface area (Å²) in [6.45, 7) is 9.23. The number of imidazole rings is 1. The van der Waals surface area contributed by atoms with Crippen molar-refractivity contribution in [3.8, 4) is 0 Å². The van der Waals surface area contributed by atoms with Gasteiger partial charge in [0.15, 0.2) is 0 Å². The van der Waals surface area contributed by atoms with Crippen molar-refractivity contribution in [1.29, 1.82) is 0 Å². The number of thioether (sulfide) groups is 1. The average Bonchev–Trinajstić information content (AvgIpc) is 3.16. The molecule has 5 heteroatoms. The SMILES string of the molecule is CCC[CH2][Sn]([CH2]CCC)([CH2]CCC)[c]1cn2c(C)nc(SC)c2s1. The van der Waals surface area contributed by atoms with Gasteiger partial charge in [-0.3, -0.25) is 0 Å². The zero-order valence-electron chi connectivity index (χ0n) is 16.2. The van der Waals surface area contributed by atoms with Gasteiger partial charge in [0.25, 0.3) is 0 Å². The predicted molar refractivity (Wildman–Crippen MR) is 114 cm³/mol. The van der Waals surface area contributed by atoms with Gasteiger partial charge in [-0.05, 0) is 0 Å². The van der Waals surface area contributed by atoms with E-state index in [4.69, 9.17) is 4.98 Å². The fourth-order valence-corrected chi connectivity index (χ4v) is 24.5. The zero-order chi connectivity index (χ0) is 17.6. The molecular weight excluding hydrogens is 439 g/mol. The van der Waals surface area contributed by atoms with Crippen molar-refractivity contribution in [2.45, 2.75) is 84.6 Å². The van der Waals surface area contributed by atoms with Crippen LogP contribution in [0.15, 0.2) is 11.2 Å². The van der Waals surface area contributed by atoms with Gasteiger partial charge < -0.3 is 0 Å². The molecule has 2 rings (SSSR count). The molecule has 2 nitrogen and oxygen atoms in total. The van der Waals surface area contributed by atoms with Gasteiger partial charge in [-0.25, -0.2) is 0 Å². The van der Waals surface area contributed by atoms with Gasteiger partial charge in [0.05, 0.1) is 0 Å². The number of nitrogens with zero attached hydrogens (tertiary/aromatic N) is 2. The maximum absolute atomic E-state index is 4.74. The molecular formula is C19H34N2S2Sn. The summed E-state index contributed by atoms with van der Waals surface area (Å²) < 4.78 is 8.86. The van der Waals surface area contributed by atoms with Crippen LogP contribution in [0, 0.1) is 6.92 Å². The van der Waals surface area contributed by atoms with Crippen LogP contribution in [0.3, 0.4) is 0 Å². The molecule has 0 N–H and O–H groups in total. The van der Waals surface area contributed by atoms with E-state index >= 15 is 0 Å². The quantitative estimate of drug-likeness (QED) is 0.275. The Bertz CT molecular complexity index is 611. The van der Waals surface area contributed by atoms with Gasteiger partial charge in [0.1, 0.15) is 0 Å². The summed E-state index contributed by atoms with van der Waals surface area (Å²) in [5.74, 6) is 1.17. The minimum atomic E-state index is -2.28. The van der Waals surface area contributed by atoms with E-state index in [1.165, 1.54) is 54.2 Å². The fraction of sp³-hybridized carbons (Fsp3) is 0.737. The van der Waals surface area contributed by atoms with E-state index in [2.05, 4.69) is 55.9 Å². The second-order valence-corrected chi connectivity index (χ2v) is 23.0. The van der Waals surface area contributed by atoms with Gasteiger partial charge in [-0.1, -0.05) is 0 Å². The van der Waals surface area contributed by atoms with E-state index in [1.807, 2.05) is 2.89 Å². The summed E-state index contributed by atoms with van der Waals surface area (Å²) in [5, 5.41) is 1.23. The van der Waals surface area contributed by atoms with Gasteiger partial charge in [-0.2, -0.15) is 0 Å². The van der Waals surface area contributed by atoms with Crippen molar-refractivity contribution in [3.63, 3.8) is 0 Å². The number of thiazole rings is 1. The summed E-state index contributed by atoms with van der Waals surface area (Å²) in [6, 6.07) is 0. The van der Waals surface area contributed by atoms with Crippen LogP contribution in [0.2, 0.25) is 13.3 Å². The maximum atomic E-state index is 4.74. The molecule has 0 atom stereocenters. The van der Waals surface area contributed by atoms with Crippen molar-refractivity contribution >= 4 is 49.2 Å². The first kappa shape index (κ1) is 20.6. The Balaban J connectivity index is 2.46. The molecule has 0 aliphatic rings. The second-order valence-electron chi connectivity index (χ2n) is 7.03. The Morgan fingerprint density at radius 3 is 2.04 bits per heavy atom. The number of hydrogen-bond acceptors (Lipinski definition) is 3. The molecule has 0 bridgehead atoms. The van der Waals surface area contributed by atoms with Crippen LogP contribution in [0.1, 0.15) is 65.1 Å². The van der Waals surface area contributed by atoms with Crippen LogP contribution in [0.5, 0.6) is 0 Å². The Morgan fingerprint density at radius 2 is 1.58 bits per heavy atom. The van der Waals surface area contributed by atoms with Crippen molar-refractivity contribution < 1.29 is 0 Å². The molecule has 0 amide bonds. The molecule has 0 radical (unpaired) electrons. The Kier molecular flexibility index (Phi) is 8.48. The molecule has 0 aliphatic heterocycles. The normalized spacial score (nSPS) is 12.4. The second kappa shape index (κ2) is 9.86. The molecule has 2 aromatic rings. The number of fused-ring (bicyclic) bond motifs is 1. The zero-order valence-corrected chi connectivity index (χ0v) is 20.6. The van der Waals surface area contributed by atoms with Crippen LogP contribution >= 0.6 is 23.1 Å². The van der Waals surface area contributed by atoms with E-state index in [9.17, 15) is 0 Å². The third kappa shape index (κ3) is 4.53. The van der Waals surface area contributed by atoms with Crippen LogP contribution in [-0.2, 0) is 0 Å². The van der Waals surface area contributed by atoms with Crippen molar-refractivity contribution in [2.75, 3.05) is 6.26 Å². The van der Waals surface area contributed by atoms with Gasteiger partial charge in [0.2, 0.25) is 0 Å². The fourth-order valence-electron chi connectivity index (χ4n) is 3.66. The Morgan fingerprint density at radius 1 is 1.04 bits per heavy atom. The molecule has 0 fully saturated rings. The number of rotatable bonds is 11. The molecule has 136 valence electrons. The predicted octanol–water partition coefficient (Wildman–Crippen LogP) is 6.48. The van der Waals surface area contributed by atoms with Gasteiger partial charge >= 0.3 is 161 Å². The molecule has 24 heavy (non-hydrogen) atoms. The summed E-state index contributed by atoms with van der Waals surface area (Å²) in [5.41, 5.74) is 0. The molecule has 0 saturated carbocycles. The molecule has 0 aliphatic carbocycles. The van der Waals surface area contributed by atoms with Crippen LogP contribution in [0.4, 0.5) is 0 Å². The van der Waals surface area contributed by atoms with Gasteiger partial charge in [0, 0.05) is 0 Å². The Labute approximate surface area is 160 Å². The molecule has 0 aromatic carbocycles. The van der Waals surface area contributed by atoms with Crippen molar-refractivity contribution in [3.05, 3.63) is 12.0 Å². The Hall–Kier alpha value is 0.319. The molecule has 0 unspecified atom stereocenters. The molecule has 0 saturated heterocycles. The average molecular weight is 473 g/mol. The summed E-state index contributed by atoms with van der Waals surface area (Å²) in [4.78, 5) is 6.14. The van der Waals surface area contributed by atoms with Crippen LogP contribution < -0.4 is 2.89 Å². The van der Waals surface area contributed by atoms with Crippen molar-refractivity contribution in [2.24, 2.45) is 0 Å². The van der Waals surface area contributed by atoms with Gasteiger partial charge in [-0.15, -0.1) is 0 Å². The number of aromatic nitrogens is 2. The van der Waals surface area contributed by atoms with E-state index in [0.29, 0.717) is 0 Å². The summed E-state index contributed by atoms with van der Waals surface area (Å²) in [6.07, 6.45) is 13.0. The molecule has 2 heterocycles. The molecule has 2 aromatic heterocycles. The monoisotopic (exact) mass is 474 g/mol. The minimum absolute atomic E-state index is 1.17.